The third kappa shape index (κ3) is 6.15. The highest BCUT2D eigenvalue weighted by molar-refractivity contribution is 7.57. The first-order valence-electron chi connectivity index (χ1n) is 7.03. The van der Waals surface area contributed by atoms with Crippen molar-refractivity contribution in [3.05, 3.63) is 44.5 Å². The van der Waals surface area contributed by atoms with Gasteiger partial charge in [0.25, 0.3) is 5.56 Å². The van der Waals surface area contributed by atoms with Gasteiger partial charge in [-0.25, -0.2) is 4.79 Å². The summed E-state index contributed by atoms with van der Waals surface area (Å²) in [6.45, 7) is 4.95. The van der Waals surface area contributed by atoms with Crippen molar-refractivity contribution in [1.82, 2.24) is 9.71 Å². The second-order valence-electron chi connectivity index (χ2n) is 4.48. The number of aromatic nitrogens is 2. The Kier molecular flexibility index (Phi) is 7.44. The van der Waals surface area contributed by atoms with Crippen LogP contribution in [0.3, 0.4) is 0 Å². The van der Waals surface area contributed by atoms with Crippen LogP contribution in [0.4, 0.5) is 0 Å². The Labute approximate surface area is 133 Å². The van der Waals surface area contributed by atoms with Crippen molar-refractivity contribution in [3.63, 3.8) is 0 Å². The van der Waals surface area contributed by atoms with Crippen LogP contribution < -0.4 is 16.1 Å². The number of rotatable bonds is 9. The SMILES string of the molecule is CCOP(=O)(C=CC(O)COn1cc(C)c(=O)[nH]c1=O)OCC. The molecule has 1 aromatic rings. The van der Waals surface area contributed by atoms with Crippen LogP contribution in [0.15, 0.2) is 27.7 Å². The molecule has 0 aliphatic carbocycles. The average Bonchev–Trinajstić information content (AvgIpc) is 2.48. The van der Waals surface area contributed by atoms with E-state index in [4.69, 9.17) is 13.9 Å². The molecule has 10 heteroatoms. The van der Waals surface area contributed by atoms with E-state index in [0.29, 0.717) is 0 Å². The summed E-state index contributed by atoms with van der Waals surface area (Å²) < 4.78 is 23.0. The van der Waals surface area contributed by atoms with Crippen LogP contribution in [0.25, 0.3) is 0 Å². The number of aliphatic hydroxyl groups excluding tert-OH is 1. The fourth-order valence-corrected chi connectivity index (χ4v) is 2.92. The van der Waals surface area contributed by atoms with E-state index in [-0.39, 0.29) is 25.4 Å². The van der Waals surface area contributed by atoms with Crippen molar-refractivity contribution in [2.75, 3.05) is 19.8 Å². The molecule has 23 heavy (non-hydrogen) atoms. The van der Waals surface area contributed by atoms with Gasteiger partial charge in [-0.15, -0.1) is 4.73 Å². The molecule has 0 saturated heterocycles. The van der Waals surface area contributed by atoms with Crippen LogP contribution in [0.5, 0.6) is 0 Å². The third-order valence-electron chi connectivity index (χ3n) is 2.58. The summed E-state index contributed by atoms with van der Waals surface area (Å²) in [4.78, 5) is 29.9. The first kappa shape index (κ1) is 19.4. The summed E-state index contributed by atoms with van der Waals surface area (Å²) in [6, 6.07) is 0. The summed E-state index contributed by atoms with van der Waals surface area (Å²) in [6.07, 6.45) is 1.27. The van der Waals surface area contributed by atoms with Gasteiger partial charge in [0.1, 0.15) is 12.7 Å². The Balaban J connectivity index is 2.70. The van der Waals surface area contributed by atoms with Gasteiger partial charge < -0.3 is 19.0 Å². The van der Waals surface area contributed by atoms with E-state index >= 15 is 0 Å². The van der Waals surface area contributed by atoms with Crippen molar-refractivity contribution in [2.45, 2.75) is 26.9 Å². The van der Waals surface area contributed by atoms with E-state index in [1.807, 2.05) is 0 Å². The van der Waals surface area contributed by atoms with Gasteiger partial charge in [-0.05, 0) is 26.8 Å². The normalized spacial score (nSPS) is 13.4. The van der Waals surface area contributed by atoms with Crippen molar-refractivity contribution in [1.29, 1.82) is 0 Å². The van der Waals surface area contributed by atoms with E-state index in [1.165, 1.54) is 19.2 Å². The summed E-state index contributed by atoms with van der Waals surface area (Å²) in [5, 5.41) is 9.79. The Hall–Kier alpha value is -1.67. The second kappa shape index (κ2) is 8.83. The minimum Gasteiger partial charge on any atom is -0.406 e. The Bertz CT molecular complexity index is 684. The lowest BCUT2D eigenvalue weighted by molar-refractivity contribution is 0.0393. The van der Waals surface area contributed by atoms with E-state index in [1.54, 1.807) is 13.8 Å². The van der Waals surface area contributed by atoms with Gasteiger partial charge in [0.15, 0.2) is 0 Å². The minimum atomic E-state index is -3.40. The second-order valence-corrected chi connectivity index (χ2v) is 6.37. The van der Waals surface area contributed by atoms with Crippen molar-refractivity contribution < 1.29 is 23.6 Å². The highest BCUT2D eigenvalue weighted by atomic mass is 31.2. The number of aromatic amines is 1. The minimum absolute atomic E-state index is 0.195. The number of hydrogen-bond donors (Lipinski definition) is 2. The van der Waals surface area contributed by atoms with E-state index in [2.05, 4.69) is 4.98 Å². The number of nitrogens with zero attached hydrogens (tertiary/aromatic N) is 1. The Morgan fingerprint density at radius 3 is 2.52 bits per heavy atom. The lowest BCUT2D eigenvalue weighted by atomic mass is 10.4. The van der Waals surface area contributed by atoms with Crippen LogP contribution in [0, 0.1) is 6.92 Å². The maximum absolute atomic E-state index is 12.2. The molecule has 0 amide bonds. The topological polar surface area (TPSA) is 120 Å². The number of aliphatic hydroxyl groups is 1. The standard InChI is InChI=1S/C13H21N2O7P/c1-4-21-23(19,22-5-2)7-6-11(16)9-20-15-8-10(3)12(17)14-13(15)18/h6-8,11,16H,4-5,9H2,1-3H3,(H,14,17,18). The first-order valence-corrected chi connectivity index (χ1v) is 8.64. The molecule has 0 aliphatic rings. The molecule has 0 aliphatic heterocycles. The van der Waals surface area contributed by atoms with Crippen LogP contribution in [0.2, 0.25) is 0 Å². The van der Waals surface area contributed by atoms with E-state index < -0.39 is 24.9 Å². The zero-order chi connectivity index (χ0) is 17.5. The molecule has 0 aromatic carbocycles. The van der Waals surface area contributed by atoms with Crippen molar-refractivity contribution in [3.8, 4) is 0 Å². The molecule has 1 unspecified atom stereocenters. The molecule has 1 heterocycles. The number of aryl methyl sites for hydroxylation is 1. The molecule has 9 nitrogen and oxygen atoms in total. The smallest absolute Gasteiger partial charge is 0.361 e. The summed E-state index contributed by atoms with van der Waals surface area (Å²) in [7, 11) is -3.40. The summed E-state index contributed by atoms with van der Waals surface area (Å²) >= 11 is 0. The lowest BCUT2D eigenvalue weighted by Gasteiger charge is -2.14. The molecule has 0 bridgehead atoms. The lowest BCUT2D eigenvalue weighted by Crippen LogP contribution is -2.36. The first-order chi connectivity index (χ1) is 10.8. The Morgan fingerprint density at radius 1 is 1.35 bits per heavy atom. The molecule has 1 atom stereocenters. The largest absolute Gasteiger partial charge is 0.406 e. The highest BCUT2D eigenvalue weighted by Gasteiger charge is 2.19. The molecular weight excluding hydrogens is 327 g/mol. The number of H-pyrrole nitrogens is 1. The quantitative estimate of drug-likeness (QED) is 0.620. The van der Waals surface area contributed by atoms with Gasteiger partial charge in [-0.1, -0.05) is 0 Å². The fraction of sp³-hybridized carbons (Fsp3) is 0.538. The molecule has 0 spiro atoms. The van der Waals surface area contributed by atoms with Gasteiger partial charge in [0, 0.05) is 11.4 Å². The third-order valence-corrected chi connectivity index (χ3v) is 4.36. The van der Waals surface area contributed by atoms with Gasteiger partial charge >= 0.3 is 13.3 Å². The molecule has 1 rings (SSSR count). The van der Waals surface area contributed by atoms with Crippen LogP contribution in [-0.4, -0.2) is 40.7 Å². The molecule has 0 radical (unpaired) electrons. The summed E-state index contributed by atoms with van der Waals surface area (Å²) in [5.41, 5.74) is -0.984. The van der Waals surface area contributed by atoms with E-state index in [0.717, 1.165) is 10.5 Å². The highest BCUT2D eigenvalue weighted by Crippen LogP contribution is 2.49. The Morgan fingerprint density at radius 2 is 1.96 bits per heavy atom. The van der Waals surface area contributed by atoms with Crippen LogP contribution >= 0.6 is 7.60 Å². The van der Waals surface area contributed by atoms with Gasteiger partial charge in [-0.3, -0.25) is 14.3 Å². The zero-order valence-electron chi connectivity index (χ0n) is 13.2. The molecule has 0 fully saturated rings. The fourth-order valence-electron chi connectivity index (χ4n) is 1.54. The number of nitrogens with one attached hydrogen (secondary N) is 1. The van der Waals surface area contributed by atoms with Crippen LogP contribution in [0.1, 0.15) is 19.4 Å². The predicted molar refractivity (Wildman–Crippen MR) is 83.5 cm³/mol. The van der Waals surface area contributed by atoms with Gasteiger partial charge in [0.2, 0.25) is 0 Å². The molecule has 130 valence electrons. The molecular formula is C13H21N2O7P. The summed E-state index contributed by atoms with van der Waals surface area (Å²) in [5.74, 6) is 1.15. The van der Waals surface area contributed by atoms with E-state index in [9.17, 15) is 19.3 Å². The average molecular weight is 348 g/mol. The maximum atomic E-state index is 12.2. The van der Waals surface area contributed by atoms with Crippen molar-refractivity contribution >= 4 is 7.60 Å². The van der Waals surface area contributed by atoms with Gasteiger partial charge in [-0.2, -0.15) is 0 Å². The molecule has 0 saturated carbocycles. The van der Waals surface area contributed by atoms with Gasteiger partial charge in [0.05, 0.1) is 19.4 Å². The number of hydrogen-bond acceptors (Lipinski definition) is 7. The van der Waals surface area contributed by atoms with Crippen LogP contribution in [-0.2, 0) is 13.6 Å². The molecule has 2 N–H and O–H groups in total. The monoisotopic (exact) mass is 348 g/mol. The van der Waals surface area contributed by atoms with Crippen molar-refractivity contribution in [2.24, 2.45) is 0 Å². The molecule has 1 aromatic heterocycles. The predicted octanol–water partition coefficient (Wildman–Crippen LogP) is 0.414. The maximum Gasteiger partial charge on any atom is 0.361 e. The zero-order valence-corrected chi connectivity index (χ0v) is 14.1.